The highest BCUT2D eigenvalue weighted by atomic mass is 32.2. The molecule has 2 N–H and O–H groups in total. The highest BCUT2D eigenvalue weighted by Crippen LogP contribution is 2.26. The van der Waals surface area contributed by atoms with Crippen LogP contribution in [0.15, 0.2) is 84.0 Å². The first-order valence-electron chi connectivity index (χ1n) is 10.9. The van der Waals surface area contributed by atoms with Crippen LogP contribution in [0.4, 0.5) is 5.69 Å². The molecule has 1 heterocycles. The number of hydrogen-bond donors (Lipinski definition) is 2. The van der Waals surface area contributed by atoms with Crippen LogP contribution in [0.2, 0.25) is 0 Å². The topological polar surface area (TPSA) is 97.1 Å². The lowest BCUT2D eigenvalue weighted by atomic mass is 10.1. The largest absolute Gasteiger partial charge is 0.478 e. The molecule has 8 heteroatoms. The van der Waals surface area contributed by atoms with Crippen LogP contribution in [0, 0.1) is 0 Å². The maximum Gasteiger partial charge on any atom is 0.336 e. The fourth-order valence-electron chi connectivity index (χ4n) is 3.47. The van der Waals surface area contributed by atoms with Gasteiger partial charge in [-0.2, -0.15) is 0 Å². The number of aromatic nitrogens is 3. The van der Waals surface area contributed by atoms with E-state index in [-0.39, 0.29) is 11.1 Å². The van der Waals surface area contributed by atoms with Gasteiger partial charge in [0.05, 0.1) is 17.7 Å². The van der Waals surface area contributed by atoms with Crippen LogP contribution in [-0.2, 0) is 6.54 Å². The first kappa shape index (κ1) is 23.3. The minimum absolute atomic E-state index is 0.0326. The van der Waals surface area contributed by atoms with Crippen molar-refractivity contribution in [2.75, 3.05) is 11.1 Å². The van der Waals surface area contributed by atoms with Crippen molar-refractivity contribution >= 4 is 29.3 Å². The number of carbonyl (C=O) groups is 2. The van der Waals surface area contributed by atoms with Gasteiger partial charge >= 0.3 is 5.97 Å². The van der Waals surface area contributed by atoms with E-state index in [0.29, 0.717) is 12.2 Å². The molecular weight excluding hydrogens is 448 g/mol. The van der Waals surface area contributed by atoms with Crippen molar-refractivity contribution in [2.24, 2.45) is 0 Å². The summed E-state index contributed by atoms with van der Waals surface area (Å²) in [5.74, 6) is 0.160. The summed E-state index contributed by atoms with van der Waals surface area (Å²) in [5.41, 5.74) is 2.70. The van der Waals surface area contributed by atoms with Gasteiger partial charge in [0.2, 0.25) is 0 Å². The number of carboxylic acid groups (broad SMARTS) is 1. The second-order valence-corrected chi connectivity index (χ2v) is 8.67. The lowest BCUT2D eigenvalue weighted by molar-refractivity contribution is 0.0692. The number of carboxylic acids is 1. The molecule has 7 nitrogen and oxygen atoms in total. The number of thioether (sulfide) groups is 1. The third-order valence-electron chi connectivity index (χ3n) is 5.14. The predicted octanol–water partition coefficient (Wildman–Crippen LogP) is 5.45. The Kier molecular flexibility index (Phi) is 7.39. The Balaban J connectivity index is 1.54. The predicted molar refractivity (Wildman–Crippen MR) is 133 cm³/mol. The number of amides is 1. The van der Waals surface area contributed by atoms with E-state index in [1.165, 1.54) is 12.1 Å². The van der Waals surface area contributed by atoms with Gasteiger partial charge < -0.3 is 10.4 Å². The van der Waals surface area contributed by atoms with Gasteiger partial charge in [0.1, 0.15) is 0 Å². The normalized spacial score (nSPS) is 10.7. The van der Waals surface area contributed by atoms with Gasteiger partial charge in [-0.15, -0.1) is 10.2 Å². The zero-order valence-electron chi connectivity index (χ0n) is 18.6. The number of nitrogens with one attached hydrogen (secondary N) is 1. The van der Waals surface area contributed by atoms with Gasteiger partial charge in [-0.1, -0.05) is 73.3 Å². The number of benzene rings is 3. The first-order valence-corrected chi connectivity index (χ1v) is 11.9. The molecule has 0 bridgehead atoms. The zero-order valence-corrected chi connectivity index (χ0v) is 19.5. The summed E-state index contributed by atoms with van der Waals surface area (Å²) >= 11 is 1.68. The molecule has 1 amide bonds. The molecule has 0 radical (unpaired) electrons. The third-order valence-corrected chi connectivity index (χ3v) is 6.31. The molecule has 1 aromatic heterocycles. The Morgan fingerprint density at radius 2 is 1.59 bits per heavy atom. The third kappa shape index (κ3) is 5.35. The second kappa shape index (κ2) is 10.8. The van der Waals surface area contributed by atoms with E-state index < -0.39 is 11.9 Å². The molecule has 0 saturated carbocycles. The van der Waals surface area contributed by atoms with E-state index in [0.717, 1.165) is 34.3 Å². The molecule has 0 aliphatic rings. The molecule has 34 heavy (non-hydrogen) atoms. The number of hydrogen-bond acceptors (Lipinski definition) is 5. The van der Waals surface area contributed by atoms with Crippen molar-refractivity contribution in [3.05, 3.63) is 95.6 Å². The molecule has 0 spiro atoms. The number of aromatic carboxylic acids is 1. The van der Waals surface area contributed by atoms with Crippen LogP contribution in [0.3, 0.4) is 0 Å². The smallest absolute Gasteiger partial charge is 0.336 e. The van der Waals surface area contributed by atoms with Gasteiger partial charge in [0, 0.05) is 17.0 Å². The summed E-state index contributed by atoms with van der Waals surface area (Å²) in [6.07, 6.45) is 1.04. The van der Waals surface area contributed by atoms with Gasteiger partial charge in [0.25, 0.3) is 5.91 Å². The summed E-state index contributed by atoms with van der Waals surface area (Å²) in [6, 6.07) is 23.6. The Morgan fingerprint density at radius 3 is 2.26 bits per heavy atom. The van der Waals surface area contributed by atoms with Gasteiger partial charge in [-0.3, -0.25) is 9.36 Å². The monoisotopic (exact) mass is 472 g/mol. The van der Waals surface area contributed by atoms with Crippen molar-refractivity contribution in [2.45, 2.75) is 25.0 Å². The molecule has 4 rings (SSSR count). The molecule has 0 aliphatic carbocycles. The average Bonchev–Trinajstić information content (AvgIpc) is 3.26. The van der Waals surface area contributed by atoms with Crippen LogP contribution in [0.1, 0.15) is 39.6 Å². The van der Waals surface area contributed by atoms with Gasteiger partial charge in [-0.05, 0) is 36.2 Å². The second-order valence-electron chi connectivity index (χ2n) is 7.61. The quantitative estimate of drug-likeness (QED) is 0.315. The molecule has 0 saturated heterocycles. The van der Waals surface area contributed by atoms with E-state index >= 15 is 0 Å². The molecular formula is C26H24N4O3S. The van der Waals surface area contributed by atoms with Crippen molar-refractivity contribution < 1.29 is 14.7 Å². The molecule has 4 aromatic rings. The molecule has 0 atom stereocenters. The van der Waals surface area contributed by atoms with Gasteiger partial charge in [-0.25, -0.2) is 4.79 Å². The number of rotatable bonds is 9. The highest BCUT2D eigenvalue weighted by Gasteiger charge is 2.17. The maximum atomic E-state index is 12.6. The van der Waals surface area contributed by atoms with Crippen LogP contribution < -0.4 is 5.32 Å². The lowest BCUT2D eigenvalue weighted by Gasteiger charge is -2.12. The standard InChI is InChI=1S/C26H24N4O3S/c1-2-16-34-26-29-28-23(19-8-4-3-5-9-19)30(26)17-18-12-14-20(15-13-18)27-24(31)21-10-6-7-11-22(21)25(32)33/h3-15H,2,16-17H2,1H3,(H,27,31)(H,32,33). The Morgan fingerprint density at radius 1 is 0.912 bits per heavy atom. The van der Waals surface area contributed by atoms with E-state index in [1.54, 1.807) is 23.9 Å². The van der Waals surface area contributed by atoms with Gasteiger partial charge in [0.15, 0.2) is 11.0 Å². The van der Waals surface area contributed by atoms with Crippen LogP contribution in [0.5, 0.6) is 0 Å². The molecule has 0 aliphatic heterocycles. The van der Waals surface area contributed by atoms with E-state index in [2.05, 4.69) is 27.0 Å². The molecule has 3 aromatic carbocycles. The van der Waals surface area contributed by atoms with E-state index in [1.807, 2.05) is 54.6 Å². The van der Waals surface area contributed by atoms with E-state index in [9.17, 15) is 14.7 Å². The maximum absolute atomic E-state index is 12.6. The zero-order chi connectivity index (χ0) is 23.9. The first-order chi connectivity index (χ1) is 16.6. The number of nitrogens with zero attached hydrogens (tertiary/aromatic N) is 3. The Hall–Kier alpha value is -3.91. The molecule has 172 valence electrons. The fourth-order valence-corrected chi connectivity index (χ4v) is 4.27. The Bertz CT molecular complexity index is 1290. The van der Waals surface area contributed by atoms with Crippen molar-refractivity contribution in [1.82, 2.24) is 14.8 Å². The lowest BCUT2D eigenvalue weighted by Crippen LogP contribution is -2.16. The SMILES string of the molecule is CCCSc1nnc(-c2ccccc2)n1Cc1ccc(NC(=O)c2ccccc2C(=O)O)cc1. The van der Waals surface area contributed by atoms with Crippen molar-refractivity contribution in [3.8, 4) is 11.4 Å². The fraction of sp³-hybridized carbons (Fsp3) is 0.154. The average molecular weight is 473 g/mol. The van der Waals surface area contributed by atoms with Crippen LogP contribution >= 0.6 is 11.8 Å². The molecule has 0 fully saturated rings. The summed E-state index contributed by atoms with van der Waals surface area (Å²) in [6.45, 7) is 2.72. The van der Waals surface area contributed by atoms with Crippen LogP contribution in [0.25, 0.3) is 11.4 Å². The number of carbonyl (C=O) groups excluding carboxylic acids is 1. The minimum atomic E-state index is -1.14. The summed E-state index contributed by atoms with van der Waals surface area (Å²) < 4.78 is 2.10. The Labute approximate surface area is 201 Å². The summed E-state index contributed by atoms with van der Waals surface area (Å²) in [5, 5.41) is 21.8. The van der Waals surface area contributed by atoms with Crippen molar-refractivity contribution in [1.29, 1.82) is 0 Å². The highest BCUT2D eigenvalue weighted by molar-refractivity contribution is 7.99. The van der Waals surface area contributed by atoms with Crippen LogP contribution in [-0.4, -0.2) is 37.5 Å². The number of anilines is 1. The van der Waals surface area contributed by atoms with Crippen molar-refractivity contribution in [3.63, 3.8) is 0 Å². The molecule has 0 unspecified atom stereocenters. The van der Waals surface area contributed by atoms with E-state index in [4.69, 9.17) is 0 Å². The minimum Gasteiger partial charge on any atom is -0.478 e. The summed E-state index contributed by atoms with van der Waals surface area (Å²) in [4.78, 5) is 24.0. The summed E-state index contributed by atoms with van der Waals surface area (Å²) in [7, 11) is 0.